The third-order valence-electron chi connectivity index (χ3n) is 18.1. The SMILES string of the molecule is N=C(N)NCCCC1NC(=O)C(CCNC(=O)[C@H](CC(=O)O)CC(=O)[C@H](CC(=O)O)NC(=O)[C@H](CC(=O)O)CC(=O)[C@H](CC(=O)O)NC(=O)[C@H](CC(=O)O)CC(=O)CCSSC(=O)NCc2ccc(C(=C(c3ccccc3)c3ccccc3)c3ccccc3)cc2)NC(=O)[C@@H](Cc2ccccc2)NC(=O)[C@H](CC(=O)O)NC(=O)CNC1O. The molecule has 1 aliphatic rings. The molecule has 0 radical (unpaired) electrons. The number of carbonyl (C=O) groups is 17. The Morgan fingerprint density at radius 1 is 0.462 bits per heavy atom. The molecule has 5 aromatic rings. The van der Waals surface area contributed by atoms with E-state index in [9.17, 15) is 117 Å². The first-order valence-corrected chi connectivity index (χ1v) is 39.1. The van der Waals surface area contributed by atoms with Gasteiger partial charge in [-0.25, -0.2) is 0 Å². The van der Waals surface area contributed by atoms with E-state index in [1.165, 1.54) is 0 Å². The van der Waals surface area contributed by atoms with E-state index < -0.39 is 243 Å². The van der Waals surface area contributed by atoms with E-state index in [1.807, 2.05) is 121 Å². The average Bonchev–Trinajstić information content (AvgIpc) is 0.850. The molecule has 0 spiro atoms. The lowest BCUT2D eigenvalue weighted by atomic mass is 9.85. The molecule has 1 fully saturated rings. The zero-order valence-corrected chi connectivity index (χ0v) is 64.7. The number of guanidine groups is 1. The number of aliphatic carboxylic acids is 6. The number of rotatable bonds is 44. The van der Waals surface area contributed by atoms with Crippen LogP contribution < -0.4 is 58.9 Å². The molecule has 1 saturated heterocycles. The number of nitrogens with one attached hydrogen (secondary N) is 11. The highest BCUT2D eigenvalue weighted by Crippen LogP contribution is 2.37. The number of carboxylic acid groups (broad SMARTS) is 6. The molecule has 0 aromatic heterocycles. The number of hydrogen-bond donors (Lipinski definition) is 19. The Labute approximate surface area is 677 Å². The highest BCUT2D eigenvalue weighted by atomic mass is 33.1. The van der Waals surface area contributed by atoms with Gasteiger partial charge in [0.25, 0.3) is 5.24 Å². The summed E-state index contributed by atoms with van der Waals surface area (Å²) in [5.41, 5.74) is 12.5. The van der Waals surface area contributed by atoms with Crippen LogP contribution in [0.15, 0.2) is 146 Å². The van der Waals surface area contributed by atoms with Crippen molar-refractivity contribution in [1.29, 1.82) is 5.41 Å². The predicted molar refractivity (Wildman–Crippen MR) is 423 cm³/mol. The van der Waals surface area contributed by atoms with Crippen LogP contribution in [0.1, 0.15) is 117 Å². The van der Waals surface area contributed by atoms with Gasteiger partial charge < -0.3 is 89.3 Å². The zero-order chi connectivity index (χ0) is 85.7. The normalized spacial score (nSPS) is 17.0. The molecule has 5 aromatic carbocycles. The predicted octanol–water partition coefficient (Wildman–Crippen LogP) is 2.09. The van der Waals surface area contributed by atoms with Crippen molar-refractivity contribution in [3.8, 4) is 0 Å². The zero-order valence-electron chi connectivity index (χ0n) is 63.0. The topological polar surface area (TPSA) is 602 Å². The highest BCUT2D eigenvalue weighted by Gasteiger charge is 2.39. The van der Waals surface area contributed by atoms with E-state index in [2.05, 4.69) is 47.9 Å². The average molecular weight is 1660 g/mol. The summed E-state index contributed by atoms with van der Waals surface area (Å²) in [5, 5.41) is 101. The number of carboxylic acids is 6. The lowest BCUT2D eigenvalue weighted by molar-refractivity contribution is -0.145. The second kappa shape index (κ2) is 47.9. The number of Topliss-reactive ketones (excluding diaryl/α,β-unsaturated/α-hetero) is 3. The summed E-state index contributed by atoms with van der Waals surface area (Å²) >= 11 is 0. The fourth-order valence-corrected chi connectivity index (χ4v) is 14.0. The second-order valence-electron chi connectivity index (χ2n) is 27.2. The van der Waals surface area contributed by atoms with Crippen molar-refractivity contribution < 1.29 is 117 Å². The van der Waals surface area contributed by atoms with E-state index >= 15 is 0 Å². The minimum atomic E-state index is -2.22. The summed E-state index contributed by atoms with van der Waals surface area (Å²) in [6.07, 6.45) is -13.3. The fourth-order valence-electron chi connectivity index (χ4n) is 12.4. The third-order valence-corrected chi connectivity index (χ3v) is 20.2. The molecule has 0 saturated carbocycles. The number of ketones is 3. The van der Waals surface area contributed by atoms with Crippen molar-refractivity contribution in [2.24, 2.45) is 23.5 Å². The minimum absolute atomic E-state index is 0.0138. The molecule has 1 aliphatic heterocycles. The van der Waals surface area contributed by atoms with Crippen LogP contribution in [0.25, 0.3) is 11.1 Å². The first-order chi connectivity index (χ1) is 55.7. The maximum atomic E-state index is 14.3. The van der Waals surface area contributed by atoms with Gasteiger partial charge in [-0.05, 0) is 63.8 Å². The van der Waals surface area contributed by atoms with Gasteiger partial charge in [-0.2, -0.15) is 0 Å². The van der Waals surface area contributed by atoms with Crippen molar-refractivity contribution in [3.05, 3.63) is 179 Å². The quantitative estimate of drug-likeness (QED) is 0.00872. The number of aliphatic hydroxyl groups excluding tert-OH is 1. The molecule has 117 heavy (non-hydrogen) atoms. The van der Waals surface area contributed by atoms with Gasteiger partial charge in [0.1, 0.15) is 30.1 Å². The van der Waals surface area contributed by atoms with Crippen LogP contribution in [0.3, 0.4) is 0 Å². The van der Waals surface area contributed by atoms with Crippen LogP contribution in [0.4, 0.5) is 4.79 Å². The van der Waals surface area contributed by atoms with Crippen molar-refractivity contribution in [3.63, 3.8) is 0 Å². The van der Waals surface area contributed by atoms with Gasteiger partial charge in [-0.3, -0.25) is 92.2 Å². The van der Waals surface area contributed by atoms with Crippen molar-refractivity contribution >= 4 is 138 Å². The van der Waals surface area contributed by atoms with E-state index in [1.54, 1.807) is 30.3 Å². The van der Waals surface area contributed by atoms with Gasteiger partial charge in [0.05, 0.1) is 80.9 Å². The van der Waals surface area contributed by atoms with E-state index in [4.69, 9.17) is 11.1 Å². The molecule has 38 heteroatoms. The number of hydrogen-bond acceptors (Lipinski definition) is 22. The molecule has 10 atom stereocenters. The standard InChI is InChI=1S/C79H92N12O24S2/c80-78(81)83-29-13-22-54-74(111)84-43-62(95)86-59(41-68(106)107)77(114)91-58(32-44-14-5-1-6-15-44)76(113)88-55(75(112)87-54)27-30-82-71(108)51(37-64(98)99)34-60(93)56(39-66(102)103)90-73(110)52(38-65(100)101)35-61(94)57(40-67(104)105)89-72(109)50(36-63(96)97)33-53(92)28-31-116-117-79(115)85-42-45-23-25-49(26-24-45)70(48-20-11-4-12-21-48)69(46-16-7-2-8-17-46)47-18-9-3-10-19-47/h1-12,14-21,23-26,50-52,54-59,74,84,111H,13,22,27-43H2,(H,82,108)(H,85,115)(H,86,95)(H,87,112)(H,88,113)(H,89,109)(H,90,110)(H,91,114)(H,96,97)(H,98,99)(H,100,101)(H,102,103)(H,104,105)(H,106,107)(H4,80,81,83)/t50-,51-,52-,54?,55?,56-,57-,58+,59-,74?/m0/s1. The smallest absolute Gasteiger partial charge is 0.305 e. The Balaban J connectivity index is 1.09. The van der Waals surface area contributed by atoms with Crippen LogP contribution in [0.5, 0.6) is 0 Å². The van der Waals surface area contributed by atoms with Crippen molar-refractivity contribution in [2.75, 3.05) is 25.4 Å². The molecule has 36 nitrogen and oxygen atoms in total. The molecular formula is C79H92N12O24S2. The van der Waals surface area contributed by atoms with Crippen molar-refractivity contribution in [1.82, 2.24) is 53.2 Å². The van der Waals surface area contributed by atoms with Crippen molar-refractivity contribution in [2.45, 2.75) is 139 Å². The number of amides is 8. The summed E-state index contributed by atoms with van der Waals surface area (Å²) in [6, 6.07) is 34.7. The second-order valence-corrected chi connectivity index (χ2v) is 29.5. The Hall–Kier alpha value is -12.7. The number of aliphatic hydroxyl groups is 1. The molecule has 0 bridgehead atoms. The lowest BCUT2D eigenvalue weighted by Crippen LogP contribution is -2.59. The monoisotopic (exact) mass is 1660 g/mol. The van der Waals surface area contributed by atoms with E-state index in [0.29, 0.717) is 5.56 Å². The third kappa shape index (κ3) is 33.0. The summed E-state index contributed by atoms with van der Waals surface area (Å²) in [6.45, 7) is -1.28. The van der Waals surface area contributed by atoms with Crippen LogP contribution in [0.2, 0.25) is 0 Å². The van der Waals surface area contributed by atoms with E-state index in [0.717, 1.165) is 60.6 Å². The van der Waals surface area contributed by atoms with Gasteiger partial charge in [0, 0.05) is 68.3 Å². The molecule has 8 amide bonds. The van der Waals surface area contributed by atoms with Gasteiger partial charge in [-0.15, -0.1) is 0 Å². The molecule has 6 rings (SSSR count). The molecular weight excluding hydrogens is 1570 g/mol. The molecule has 0 aliphatic carbocycles. The van der Waals surface area contributed by atoms with E-state index in [-0.39, 0.29) is 44.5 Å². The summed E-state index contributed by atoms with van der Waals surface area (Å²) in [5.74, 6) is -28.3. The molecule has 1 heterocycles. The maximum Gasteiger partial charge on any atom is 0.305 e. The largest absolute Gasteiger partial charge is 0.481 e. The Morgan fingerprint density at radius 3 is 1.38 bits per heavy atom. The molecule has 3 unspecified atom stereocenters. The molecule has 624 valence electrons. The molecule has 20 N–H and O–H groups in total. The van der Waals surface area contributed by atoms with Crippen LogP contribution in [0, 0.1) is 23.2 Å². The van der Waals surface area contributed by atoms with Crippen LogP contribution in [-0.2, 0) is 89.7 Å². The maximum absolute atomic E-state index is 14.3. The first-order valence-electron chi connectivity index (χ1n) is 36.8. The minimum Gasteiger partial charge on any atom is -0.481 e. The summed E-state index contributed by atoms with van der Waals surface area (Å²) in [7, 11) is 1.75. The fraction of sp³-hybridized carbons (Fsp3) is 0.367. The lowest BCUT2D eigenvalue weighted by Gasteiger charge is -2.28. The van der Waals surface area contributed by atoms with Crippen LogP contribution in [-0.4, -0.2) is 209 Å². The Morgan fingerprint density at radius 2 is 0.906 bits per heavy atom. The summed E-state index contributed by atoms with van der Waals surface area (Å²) in [4.78, 5) is 225. The van der Waals surface area contributed by atoms with Gasteiger partial charge in [0.2, 0.25) is 41.4 Å². The highest BCUT2D eigenvalue weighted by molar-refractivity contribution is 8.82. The van der Waals surface area contributed by atoms with Gasteiger partial charge in [-0.1, -0.05) is 156 Å². The number of carbonyl (C=O) groups excluding carboxylic acids is 11. The van der Waals surface area contributed by atoms with Gasteiger partial charge in [0.15, 0.2) is 17.5 Å². The Bertz CT molecular complexity index is 4370. The number of benzene rings is 5. The first kappa shape index (κ1) is 93.2. The summed E-state index contributed by atoms with van der Waals surface area (Å²) < 4.78 is 0. The Kier molecular flexibility index (Phi) is 38.1. The van der Waals surface area contributed by atoms with Gasteiger partial charge >= 0.3 is 35.8 Å². The number of nitrogens with two attached hydrogens (primary N) is 1. The van der Waals surface area contributed by atoms with Crippen LogP contribution >= 0.6 is 21.6 Å².